The smallest absolute Gasteiger partial charge is 0.0666 e. The van der Waals surface area contributed by atoms with Crippen LogP contribution in [0.2, 0.25) is 0 Å². The van der Waals surface area contributed by atoms with E-state index in [0.717, 1.165) is 0 Å². The van der Waals surface area contributed by atoms with Gasteiger partial charge in [-0.3, -0.25) is 0 Å². The first kappa shape index (κ1) is 38.2. The summed E-state index contributed by atoms with van der Waals surface area (Å²) >= 11 is 0. The Morgan fingerprint density at radius 2 is 0.552 bits per heavy atom. The van der Waals surface area contributed by atoms with Gasteiger partial charge < -0.3 is 0 Å². The second-order valence-corrected chi connectivity index (χ2v) is 18.3. The van der Waals surface area contributed by atoms with Gasteiger partial charge in [0, 0.05) is 11.8 Å². The van der Waals surface area contributed by atoms with E-state index in [2.05, 4.69) is 192 Å². The molecular weight excluding hydrogens is 694 g/mol. The molecule has 286 valence electrons. The SMILES string of the molecule is Cc1cc(C)c(B(c2cccc3c2C2c4ccccc4C3c3cccc(B(c4c(C)cc(C)cc4C)c4c(C)cc(C)cc4C)c32)c2c(C)cc(C)cc2C)c(C)c1. The average Bonchev–Trinajstić information content (AvgIpc) is 3.14. The highest BCUT2D eigenvalue weighted by atomic mass is 14.4. The summed E-state index contributed by atoms with van der Waals surface area (Å²) in [5.74, 6) is 0.256. The summed E-state index contributed by atoms with van der Waals surface area (Å²) in [4.78, 5) is 0. The van der Waals surface area contributed by atoms with Crippen molar-refractivity contribution < 1.29 is 0 Å². The number of rotatable bonds is 6. The monoisotopic (exact) mass is 750 g/mol. The summed E-state index contributed by atoms with van der Waals surface area (Å²) in [6.45, 7) is 27.9. The van der Waals surface area contributed by atoms with Crippen LogP contribution in [0.25, 0.3) is 0 Å². The van der Waals surface area contributed by atoms with Crippen LogP contribution in [-0.2, 0) is 0 Å². The van der Waals surface area contributed by atoms with Crippen molar-refractivity contribution in [2.75, 3.05) is 0 Å². The van der Waals surface area contributed by atoms with Crippen molar-refractivity contribution in [2.24, 2.45) is 0 Å². The van der Waals surface area contributed by atoms with Gasteiger partial charge >= 0.3 is 0 Å². The summed E-state index contributed by atoms with van der Waals surface area (Å²) in [6, 6.07) is 43.3. The fraction of sp³-hybridized carbons (Fsp3) is 0.250. The molecule has 58 heavy (non-hydrogen) atoms. The third kappa shape index (κ3) is 5.89. The van der Waals surface area contributed by atoms with Gasteiger partial charge in [0.05, 0.1) is 0 Å². The lowest BCUT2D eigenvalue weighted by atomic mass is 9.31. The molecule has 0 saturated heterocycles. The molecule has 7 aromatic carbocycles. The number of aryl methyl sites for hydroxylation is 12. The molecule has 0 radical (unpaired) electrons. The van der Waals surface area contributed by atoms with Crippen LogP contribution in [0.3, 0.4) is 0 Å². The Bertz CT molecular complexity index is 2460. The van der Waals surface area contributed by atoms with Crippen molar-refractivity contribution in [1.29, 1.82) is 0 Å². The van der Waals surface area contributed by atoms with Gasteiger partial charge in [0.1, 0.15) is 0 Å². The lowest BCUT2D eigenvalue weighted by Crippen LogP contribution is -2.59. The van der Waals surface area contributed by atoms with Crippen LogP contribution < -0.4 is 32.8 Å². The molecule has 0 spiro atoms. The van der Waals surface area contributed by atoms with Crippen molar-refractivity contribution in [3.63, 3.8) is 0 Å². The predicted molar refractivity (Wildman–Crippen MR) is 253 cm³/mol. The van der Waals surface area contributed by atoms with Crippen molar-refractivity contribution >= 4 is 46.2 Å². The van der Waals surface area contributed by atoms with Gasteiger partial charge in [-0.25, -0.2) is 0 Å². The molecule has 0 heterocycles. The first-order valence-electron chi connectivity index (χ1n) is 21.4. The normalized spacial score (nSPS) is 14.9. The molecule has 0 aliphatic heterocycles. The molecule has 3 aliphatic rings. The van der Waals surface area contributed by atoms with Crippen LogP contribution in [0.4, 0.5) is 0 Å². The van der Waals surface area contributed by atoms with Crippen molar-refractivity contribution in [3.8, 4) is 0 Å². The molecule has 0 N–H and O–H groups in total. The molecule has 0 saturated carbocycles. The fourth-order valence-electron chi connectivity index (χ4n) is 12.4. The lowest BCUT2D eigenvalue weighted by Gasteiger charge is -2.46. The number of benzene rings is 7. The van der Waals surface area contributed by atoms with Gasteiger partial charge in [0.15, 0.2) is 0 Å². The maximum absolute atomic E-state index is 2.49. The minimum atomic E-state index is 0.0947. The largest absolute Gasteiger partial charge is 0.242 e. The fourth-order valence-corrected chi connectivity index (χ4v) is 12.4. The lowest BCUT2D eigenvalue weighted by molar-refractivity contribution is 0.762. The molecule has 7 aromatic rings. The Labute approximate surface area is 349 Å². The minimum Gasteiger partial charge on any atom is -0.0666 e. The Balaban J connectivity index is 1.40. The second-order valence-electron chi connectivity index (χ2n) is 18.3. The van der Waals surface area contributed by atoms with E-state index >= 15 is 0 Å². The van der Waals surface area contributed by atoms with E-state index in [9.17, 15) is 0 Å². The molecule has 0 fully saturated rings. The first-order chi connectivity index (χ1) is 27.7. The summed E-state index contributed by atoms with van der Waals surface area (Å²) in [6.07, 6.45) is 0. The molecule has 10 rings (SSSR count). The molecular formula is C56H56B2. The summed E-state index contributed by atoms with van der Waals surface area (Å²) in [5.41, 5.74) is 33.9. The molecule has 2 heteroatoms. The van der Waals surface area contributed by atoms with Crippen LogP contribution in [0.1, 0.15) is 112 Å². The van der Waals surface area contributed by atoms with E-state index in [1.54, 1.807) is 0 Å². The van der Waals surface area contributed by atoms with Crippen LogP contribution >= 0.6 is 0 Å². The van der Waals surface area contributed by atoms with Crippen molar-refractivity contribution in [1.82, 2.24) is 0 Å². The van der Waals surface area contributed by atoms with Gasteiger partial charge in [0.2, 0.25) is 13.4 Å². The van der Waals surface area contributed by atoms with E-state index < -0.39 is 0 Å². The zero-order valence-corrected chi connectivity index (χ0v) is 36.7. The molecule has 0 aromatic heterocycles. The maximum Gasteiger partial charge on any atom is 0.242 e. The van der Waals surface area contributed by atoms with E-state index in [4.69, 9.17) is 0 Å². The third-order valence-electron chi connectivity index (χ3n) is 13.9. The highest BCUT2D eigenvalue weighted by molar-refractivity contribution is 6.97. The number of hydrogen-bond acceptors (Lipinski definition) is 0. The highest BCUT2D eigenvalue weighted by Gasteiger charge is 2.47. The summed E-state index contributed by atoms with van der Waals surface area (Å²) in [5, 5.41) is 0. The Morgan fingerprint density at radius 1 is 0.293 bits per heavy atom. The molecule has 0 amide bonds. The highest BCUT2D eigenvalue weighted by Crippen LogP contribution is 2.55. The second kappa shape index (κ2) is 14.2. The molecule has 0 atom stereocenters. The minimum absolute atomic E-state index is 0.0947. The first-order valence-corrected chi connectivity index (χ1v) is 21.4. The van der Waals surface area contributed by atoms with Crippen molar-refractivity contribution in [2.45, 2.75) is 94.9 Å². The molecule has 0 unspecified atom stereocenters. The van der Waals surface area contributed by atoms with Crippen LogP contribution in [-0.4, -0.2) is 13.4 Å². The van der Waals surface area contributed by atoms with Gasteiger partial charge in [0.25, 0.3) is 0 Å². The molecule has 3 aliphatic carbocycles. The van der Waals surface area contributed by atoms with E-state index in [0.29, 0.717) is 0 Å². The van der Waals surface area contributed by atoms with E-state index in [1.165, 1.54) is 133 Å². The Hall–Kier alpha value is -5.33. The molecule has 0 nitrogen and oxygen atoms in total. The van der Waals surface area contributed by atoms with E-state index in [-0.39, 0.29) is 25.3 Å². The van der Waals surface area contributed by atoms with Gasteiger partial charge in [-0.2, -0.15) is 0 Å². The van der Waals surface area contributed by atoms with Gasteiger partial charge in [-0.15, -0.1) is 0 Å². The predicted octanol–water partition coefficient (Wildman–Crippen LogP) is 9.41. The quantitative estimate of drug-likeness (QED) is 0.149. The third-order valence-corrected chi connectivity index (χ3v) is 13.9. The molecule has 2 bridgehead atoms. The van der Waals surface area contributed by atoms with Crippen LogP contribution in [0, 0.1) is 83.1 Å². The Morgan fingerprint density at radius 3 is 0.845 bits per heavy atom. The maximum atomic E-state index is 2.49. The Kier molecular flexibility index (Phi) is 9.35. The standard InChI is InChI=1S/C56H56B2/c1-31-23-35(5)53(36(6)24-31)57(54-37(7)25-32(2)26-38(54)8)47-21-15-19-45-49-43-17-13-14-18-44(43)52(50(45)47)51-46(49)20-16-22-48(51)58(55-39(9)27-33(3)28-40(55)10)56-41(11)29-34(4)30-42(56)12/h13-30,49,52H,1-12H3. The van der Waals surface area contributed by atoms with Gasteiger partial charge in [-0.05, 0) is 116 Å². The average molecular weight is 751 g/mol. The van der Waals surface area contributed by atoms with E-state index in [1.807, 2.05) is 0 Å². The van der Waals surface area contributed by atoms with Crippen LogP contribution in [0.5, 0.6) is 0 Å². The van der Waals surface area contributed by atoms with Gasteiger partial charge in [-0.1, -0.05) is 209 Å². The summed E-state index contributed by atoms with van der Waals surface area (Å²) < 4.78 is 0. The number of hydrogen-bond donors (Lipinski definition) is 0. The van der Waals surface area contributed by atoms with Crippen molar-refractivity contribution in [3.05, 3.63) is 209 Å². The summed E-state index contributed by atoms with van der Waals surface area (Å²) in [7, 11) is 0. The zero-order valence-electron chi connectivity index (χ0n) is 36.7. The topological polar surface area (TPSA) is 0 Å². The van der Waals surface area contributed by atoms with Crippen LogP contribution in [0.15, 0.2) is 109 Å². The zero-order chi connectivity index (χ0) is 40.9.